The van der Waals surface area contributed by atoms with Crippen molar-refractivity contribution < 1.29 is 9.53 Å². The van der Waals surface area contributed by atoms with Crippen LogP contribution in [0.3, 0.4) is 0 Å². The second kappa shape index (κ2) is 5.75. The van der Waals surface area contributed by atoms with Crippen LogP contribution in [0.4, 0.5) is 0 Å². The number of carbonyl (C=O) groups excluding carboxylic acids is 1. The molecule has 1 aromatic heterocycles. The number of benzene rings is 2. The first-order valence-electron chi connectivity index (χ1n) is 6.78. The molecule has 0 aliphatic carbocycles. The zero-order valence-electron chi connectivity index (χ0n) is 11.7. The number of ether oxygens (including phenoxy) is 1. The maximum atomic E-state index is 10.9. The Hall–Kier alpha value is -2.69. The fourth-order valence-electron chi connectivity index (χ4n) is 2.19. The van der Waals surface area contributed by atoms with Crippen molar-refractivity contribution >= 4 is 17.0 Å². The standard InChI is InChI=1S/C16H15N3O2/c1-12(20)21-11-10-13-6-2-5-9-16(13)19-17-14-7-3-4-8-15(14)18-19/h2-9H,10-11H2,1H3. The summed E-state index contributed by atoms with van der Waals surface area (Å²) in [5.74, 6) is -0.268. The third-order valence-corrected chi connectivity index (χ3v) is 3.17. The third kappa shape index (κ3) is 2.91. The zero-order valence-corrected chi connectivity index (χ0v) is 11.7. The van der Waals surface area contributed by atoms with Crippen LogP contribution in [0.2, 0.25) is 0 Å². The van der Waals surface area contributed by atoms with Crippen molar-refractivity contribution in [3.63, 3.8) is 0 Å². The van der Waals surface area contributed by atoms with E-state index in [1.54, 1.807) is 4.80 Å². The molecule has 0 spiro atoms. The largest absolute Gasteiger partial charge is 0.466 e. The van der Waals surface area contributed by atoms with Gasteiger partial charge in [-0.1, -0.05) is 30.3 Å². The molecule has 0 N–H and O–H groups in total. The molecule has 0 saturated carbocycles. The molecule has 0 aliphatic heterocycles. The van der Waals surface area contributed by atoms with Crippen molar-refractivity contribution in [3.8, 4) is 5.69 Å². The number of hydrogen-bond donors (Lipinski definition) is 0. The number of hydrogen-bond acceptors (Lipinski definition) is 4. The van der Waals surface area contributed by atoms with E-state index < -0.39 is 0 Å². The van der Waals surface area contributed by atoms with Crippen LogP contribution >= 0.6 is 0 Å². The summed E-state index contributed by atoms with van der Waals surface area (Å²) < 4.78 is 5.01. The van der Waals surface area contributed by atoms with Gasteiger partial charge in [0.15, 0.2) is 0 Å². The monoisotopic (exact) mass is 281 g/mol. The highest BCUT2D eigenvalue weighted by atomic mass is 16.5. The van der Waals surface area contributed by atoms with Gasteiger partial charge >= 0.3 is 5.97 Å². The van der Waals surface area contributed by atoms with Gasteiger partial charge in [-0.15, -0.1) is 10.2 Å². The van der Waals surface area contributed by atoms with Gasteiger partial charge < -0.3 is 4.74 Å². The minimum absolute atomic E-state index is 0.268. The van der Waals surface area contributed by atoms with Crippen molar-refractivity contribution in [1.82, 2.24) is 15.0 Å². The molecule has 106 valence electrons. The van der Waals surface area contributed by atoms with Gasteiger partial charge in [-0.25, -0.2) is 0 Å². The smallest absolute Gasteiger partial charge is 0.302 e. The first-order valence-corrected chi connectivity index (χ1v) is 6.78. The number of carbonyl (C=O) groups is 1. The molecule has 2 aromatic carbocycles. The Morgan fingerprint density at radius 1 is 1.05 bits per heavy atom. The van der Waals surface area contributed by atoms with Crippen LogP contribution in [-0.2, 0) is 16.0 Å². The van der Waals surface area contributed by atoms with Gasteiger partial charge in [0.1, 0.15) is 11.0 Å². The number of para-hydroxylation sites is 1. The molecule has 0 amide bonds. The molecular weight excluding hydrogens is 266 g/mol. The number of nitrogens with zero attached hydrogens (tertiary/aromatic N) is 3. The van der Waals surface area contributed by atoms with Gasteiger partial charge in [0.25, 0.3) is 0 Å². The number of esters is 1. The van der Waals surface area contributed by atoms with E-state index in [9.17, 15) is 4.79 Å². The van der Waals surface area contributed by atoms with Crippen LogP contribution < -0.4 is 0 Å². The van der Waals surface area contributed by atoms with Crippen LogP contribution in [0.1, 0.15) is 12.5 Å². The Kier molecular flexibility index (Phi) is 3.64. The normalized spacial score (nSPS) is 10.7. The van der Waals surface area contributed by atoms with Crippen molar-refractivity contribution in [2.45, 2.75) is 13.3 Å². The Morgan fingerprint density at radius 3 is 2.33 bits per heavy atom. The molecule has 3 rings (SSSR count). The lowest BCUT2D eigenvalue weighted by atomic mass is 10.1. The number of aromatic nitrogens is 3. The molecular formula is C16H15N3O2. The average Bonchev–Trinajstić information content (AvgIpc) is 2.91. The van der Waals surface area contributed by atoms with Crippen LogP contribution in [0, 0.1) is 0 Å². The summed E-state index contributed by atoms with van der Waals surface area (Å²) in [7, 11) is 0. The Labute approximate surface area is 122 Å². The fourth-order valence-corrected chi connectivity index (χ4v) is 2.19. The van der Waals surface area contributed by atoms with Crippen LogP contribution in [0.25, 0.3) is 16.7 Å². The Bertz CT molecular complexity index is 747. The van der Waals surface area contributed by atoms with E-state index in [4.69, 9.17) is 4.74 Å². The number of fused-ring (bicyclic) bond motifs is 1. The highest BCUT2D eigenvalue weighted by molar-refractivity contribution is 5.73. The van der Waals surface area contributed by atoms with Gasteiger partial charge in [-0.05, 0) is 23.8 Å². The molecule has 0 aliphatic rings. The van der Waals surface area contributed by atoms with Crippen molar-refractivity contribution in [3.05, 3.63) is 54.1 Å². The molecule has 5 nitrogen and oxygen atoms in total. The highest BCUT2D eigenvalue weighted by Crippen LogP contribution is 2.16. The van der Waals surface area contributed by atoms with E-state index in [2.05, 4.69) is 10.2 Å². The van der Waals surface area contributed by atoms with Gasteiger partial charge in [0.05, 0.1) is 12.3 Å². The first-order chi connectivity index (χ1) is 10.2. The van der Waals surface area contributed by atoms with Crippen molar-refractivity contribution in [2.75, 3.05) is 6.61 Å². The maximum Gasteiger partial charge on any atom is 0.302 e. The summed E-state index contributed by atoms with van der Waals surface area (Å²) in [4.78, 5) is 12.5. The molecule has 0 unspecified atom stereocenters. The Balaban J connectivity index is 1.92. The summed E-state index contributed by atoms with van der Waals surface area (Å²) in [6, 6.07) is 15.6. The predicted molar refractivity (Wildman–Crippen MR) is 79.2 cm³/mol. The van der Waals surface area contributed by atoms with E-state index >= 15 is 0 Å². The van der Waals surface area contributed by atoms with E-state index in [-0.39, 0.29) is 5.97 Å². The molecule has 0 fully saturated rings. The lowest BCUT2D eigenvalue weighted by Gasteiger charge is -2.08. The van der Waals surface area contributed by atoms with E-state index in [0.29, 0.717) is 13.0 Å². The second-order valence-electron chi connectivity index (χ2n) is 4.70. The molecule has 0 bridgehead atoms. The zero-order chi connectivity index (χ0) is 14.7. The summed E-state index contributed by atoms with van der Waals surface area (Å²) in [6.45, 7) is 1.76. The minimum Gasteiger partial charge on any atom is -0.466 e. The summed E-state index contributed by atoms with van der Waals surface area (Å²) in [5.41, 5.74) is 3.65. The average molecular weight is 281 g/mol. The van der Waals surface area contributed by atoms with E-state index in [1.165, 1.54) is 6.92 Å². The highest BCUT2D eigenvalue weighted by Gasteiger charge is 2.08. The molecule has 0 saturated heterocycles. The lowest BCUT2D eigenvalue weighted by Crippen LogP contribution is -2.07. The molecule has 21 heavy (non-hydrogen) atoms. The second-order valence-corrected chi connectivity index (χ2v) is 4.70. The lowest BCUT2D eigenvalue weighted by molar-refractivity contribution is -0.140. The van der Waals surface area contributed by atoms with Gasteiger partial charge in [0, 0.05) is 13.3 Å². The van der Waals surface area contributed by atoms with Crippen LogP contribution in [-0.4, -0.2) is 27.6 Å². The van der Waals surface area contributed by atoms with Gasteiger partial charge in [-0.3, -0.25) is 4.79 Å². The molecule has 0 atom stereocenters. The van der Waals surface area contributed by atoms with E-state index in [0.717, 1.165) is 22.3 Å². The molecule has 1 heterocycles. The van der Waals surface area contributed by atoms with Gasteiger partial charge in [-0.2, -0.15) is 4.80 Å². The molecule has 5 heteroatoms. The maximum absolute atomic E-state index is 10.9. The molecule has 3 aromatic rings. The van der Waals surface area contributed by atoms with Crippen molar-refractivity contribution in [2.24, 2.45) is 0 Å². The quantitative estimate of drug-likeness (QED) is 0.689. The van der Waals surface area contributed by atoms with Gasteiger partial charge in [0.2, 0.25) is 0 Å². The Morgan fingerprint density at radius 2 is 1.67 bits per heavy atom. The minimum atomic E-state index is -0.268. The third-order valence-electron chi connectivity index (χ3n) is 3.17. The summed E-state index contributed by atoms with van der Waals surface area (Å²) in [6.07, 6.45) is 0.633. The van der Waals surface area contributed by atoms with Crippen molar-refractivity contribution in [1.29, 1.82) is 0 Å². The van der Waals surface area contributed by atoms with E-state index in [1.807, 2.05) is 48.5 Å². The fraction of sp³-hybridized carbons (Fsp3) is 0.188. The first kappa shape index (κ1) is 13.3. The van der Waals surface area contributed by atoms with Crippen LogP contribution in [0.5, 0.6) is 0 Å². The topological polar surface area (TPSA) is 57.0 Å². The number of rotatable bonds is 4. The summed E-state index contributed by atoms with van der Waals surface area (Å²) >= 11 is 0. The SMILES string of the molecule is CC(=O)OCCc1ccccc1-n1nc2ccccc2n1. The molecule has 0 radical (unpaired) electrons. The predicted octanol–water partition coefficient (Wildman–Crippen LogP) is 2.53. The summed E-state index contributed by atoms with van der Waals surface area (Å²) in [5, 5.41) is 8.97. The van der Waals surface area contributed by atoms with Crippen LogP contribution in [0.15, 0.2) is 48.5 Å².